The monoisotopic (exact) mass is 291 g/mol. The van der Waals surface area contributed by atoms with Gasteiger partial charge in [-0.3, -0.25) is 0 Å². The van der Waals surface area contributed by atoms with Gasteiger partial charge >= 0.3 is 6.18 Å². The Hall–Kier alpha value is -1.43. The number of hydrogen-bond acceptors (Lipinski definition) is 3. The first-order chi connectivity index (χ1) is 9.37. The van der Waals surface area contributed by atoms with E-state index in [1.54, 1.807) is 25.1 Å². The van der Waals surface area contributed by atoms with Crippen molar-refractivity contribution in [2.75, 3.05) is 13.2 Å². The number of ether oxygens (including phenoxy) is 2. The summed E-state index contributed by atoms with van der Waals surface area (Å²) in [6, 6.07) is 4.91. The summed E-state index contributed by atoms with van der Waals surface area (Å²) in [5, 5.41) is 0. The third kappa shape index (κ3) is 5.28. The summed E-state index contributed by atoms with van der Waals surface area (Å²) in [5.41, 5.74) is 6.50. The van der Waals surface area contributed by atoms with Crippen molar-refractivity contribution in [3.63, 3.8) is 0 Å². The molecule has 114 valence electrons. The molecule has 0 radical (unpaired) electrons. The lowest BCUT2D eigenvalue weighted by atomic mass is 10.0. The second-order valence-corrected chi connectivity index (χ2v) is 4.45. The minimum absolute atomic E-state index is 0.125. The number of nitrogens with two attached hydrogens (primary N) is 1. The van der Waals surface area contributed by atoms with E-state index in [1.807, 2.05) is 6.92 Å². The first-order valence-electron chi connectivity index (χ1n) is 6.57. The van der Waals surface area contributed by atoms with E-state index < -0.39 is 12.8 Å². The molecule has 0 aliphatic rings. The first kappa shape index (κ1) is 16.6. The van der Waals surface area contributed by atoms with E-state index in [-0.39, 0.29) is 11.8 Å². The van der Waals surface area contributed by atoms with Crippen molar-refractivity contribution in [1.82, 2.24) is 0 Å². The second kappa shape index (κ2) is 7.38. The Morgan fingerprint density at radius 1 is 1.20 bits per heavy atom. The highest BCUT2D eigenvalue weighted by molar-refractivity contribution is 5.47. The van der Waals surface area contributed by atoms with E-state index >= 15 is 0 Å². The number of para-hydroxylation sites is 1. The Balaban J connectivity index is 2.99. The van der Waals surface area contributed by atoms with E-state index in [1.165, 1.54) is 0 Å². The second-order valence-electron chi connectivity index (χ2n) is 4.45. The zero-order valence-electron chi connectivity index (χ0n) is 11.7. The summed E-state index contributed by atoms with van der Waals surface area (Å²) >= 11 is 0. The standard InChI is InChI=1S/C14H20F3NO2/c1-3-11(18)8-10-6-5-7-12(19-4-2)13(10)20-9-14(15,16)17/h5-7,11H,3-4,8-9,18H2,1-2H3. The van der Waals surface area contributed by atoms with Crippen molar-refractivity contribution < 1.29 is 22.6 Å². The summed E-state index contributed by atoms with van der Waals surface area (Å²) in [5.74, 6) is 0.452. The van der Waals surface area contributed by atoms with Crippen LogP contribution in [0.3, 0.4) is 0 Å². The summed E-state index contributed by atoms with van der Waals surface area (Å²) in [6.07, 6.45) is -3.20. The predicted molar refractivity (Wildman–Crippen MR) is 71.1 cm³/mol. The molecule has 2 N–H and O–H groups in total. The molecule has 0 spiro atoms. The zero-order valence-corrected chi connectivity index (χ0v) is 11.7. The molecular weight excluding hydrogens is 271 g/mol. The molecule has 0 aliphatic heterocycles. The summed E-state index contributed by atoms with van der Waals surface area (Å²) < 4.78 is 47.2. The lowest BCUT2D eigenvalue weighted by Crippen LogP contribution is -2.23. The lowest BCUT2D eigenvalue weighted by molar-refractivity contribution is -0.153. The van der Waals surface area contributed by atoms with Gasteiger partial charge in [0.05, 0.1) is 6.61 Å². The van der Waals surface area contributed by atoms with Gasteiger partial charge in [0.2, 0.25) is 0 Å². The minimum Gasteiger partial charge on any atom is -0.490 e. The SMILES string of the molecule is CCOc1cccc(CC(N)CC)c1OCC(F)(F)F. The van der Waals surface area contributed by atoms with Crippen molar-refractivity contribution in [1.29, 1.82) is 0 Å². The van der Waals surface area contributed by atoms with Gasteiger partial charge < -0.3 is 15.2 Å². The van der Waals surface area contributed by atoms with Crippen LogP contribution in [-0.4, -0.2) is 25.4 Å². The van der Waals surface area contributed by atoms with Gasteiger partial charge in [0.15, 0.2) is 18.1 Å². The number of rotatable bonds is 7. The molecule has 0 saturated carbocycles. The molecule has 0 aliphatic carbocycles. The van der Waals surface area contributed by atoms with Crippen LogP contribution in [0.5, 0.6) is 11.5 Å². The molecule has 0 saturated heterocycles. The summed E-state index contributed by atoms with van der Waals surface area (Å²) in [4.78, 5) is 0. The molecular formula is C14H20F3NO2. The fourth-order valence-corrected chi connectivity index (χ4v) is 1.74. The molecule has 3 nitrogen and oxygen atoms in total. The van der Waals surface area contributed by atoms with E-state index in [9.17, 15) is 13.2 Å². The van der Waals surface area contributed by atoms with Crippen LogP contribution in [0.15, 0.2) is 18.2 Å². The Kier molecular flexibility index (Phi) is 6.13. The fraction of sp³-hybridized carbons (Fsp3) is 0.571. The molecule has 0 aromatic heterocycles. The molecule has 0 bridgehead atoms. The highest BCUT2D eigenvalue weighted by atomic mass is 19.4. The average Bonchev–Trinajstić information content (AvgIpc) is 2.37. The van der Waals surface area contributed by atoms with Gasteiger partial charge in [-0.1, -0.05) is 19.1 Å². The minimum atomic E-state index is -4.39. The van der Waals surface area contributed by atoms with Crippen LogP contribution in [0.25, 0.3) is 0 Å². The van der Waals surface area contributed by atoms with Crippen LogP contribution in [0, 0.1) is 0 Å². The highest BCUT2D eigenvalue weighted by Gasteiger charge is 2.29. The van der Waals surface area contributed by atoms with Crippen molar-refractivity contribution >= 4 is 0 Å². The summed E-state index contributed by atoms with van der Waals surface area (Å²) in [6.45, 7) is 2.70. The van der Waals surface area contributed by atoms with Crippen molar-refractivity contribution in [3.05, 3.63) is 23.8 Å². The molecule has 0 amide bonds. The highest BCUT2D eigenvalue weighted by Crippen LogP contribution is 2.33. The van der Waals surface area contributed by atoms with Gasteiger partial charge in [0.1, 0.15) is 0 Å². The van der Waals surface area contributed by atoms with Crippen LogP contribution in [-0.2, 0) is 6.42 Å². The van der Waals surface area contributed by atoms with Gasteiger partial charge in [-0.2, -0.15) is 13.2 Å². The van der Waals surface area contributed by atoms with E-state index in [0.29, 0.717) is 24.3 Å². The maximum absolute atomic E-state index is 12.3. The smallest absolute Gasteiger partial charge is 0.422 e. The Morgan fingerprint density at radius 3 is 2.45 bits per heavy atom. The van der Waals surface area contributed by atoms with Gasteiger partial charge in [0.25, 0.3) is 0 Å². The number of benzene rings is 1. The van der Waals surface area contributed by atoms with Crippen LogP contribution in [0.1, 0.15) is 25.8 Å². The maximum Gasteiger partial charge on any atom is 0.422 e. The van der Waals surface area contributed by atoms with Crippen molar-refractivity contribution in [2.24, 2.45) is 5.73 Å². The van der Waals surface area contributed by atoms with Crippen LogP contribution >= 0.6 is 0 Å². The zero-order chi connectivity index (χ0) is 15.2. The quantitative estimate of drug-likeness (QED) is 0.838. The van der Waals surface area contributed by atoms with Crippen LogP contribution in [0.2, 0.25) is 0 Å². The Bertz CT molecular complexity index is 421. The van der Waals surface area contributed by atoms with Gasteiger partial charge in [-0.15, -0.1) is 0 Å². The lowest BCUT2D eigenvalue weighted by Gasteiger charge is -2.18. The van der Waals surface area contributed by atoms with Crippen LogP contribution in [0.4, 0.5) is 13.2 Å². The molecule has 0 fully saturated rings. The topological polar surface area (TPSA) is 44.5 Å². The van der Waals surface area contributed by atoms with Gasteiger partial charge in [-0.05, 0) is 31.4 Å². The number of halogens is 3. The Labute approximate surface area is 116 Å². The molecule has 6 heteroatoms. The van der Waals surface area contributed by atoms with Gasteiger partial charge in [0, 0.05) is 6.04 Å². The number of hydrogen-bond donors (Lipinski definition) is 1. The third-order valence-corrected chi connectivity index (χ3v) is 2.75. The first-order valence-corrected chi connectivity index (χ1v) is 6.57. The van der Waals surface area contributed by atoms with Gasteiger partial charge in [-0.25, -0.2) is 0 Å². The molecule has 1 atom stereocenters. The maximum atomic E-state index is 12.3. The van der Waals surface area contributed by atoms with Crippen molar-refractivity contribution in [3.8, 4) is 11.5 Å². The predicted octanol–water partition coefficient (Wildman–Crippen LogP) is 3.31. The average molecular weight is 291 g/mol. The molecule has 20 heavy (non-hydrogen) atoms. The molecule has 1 aromatic carbocycles. The van der Waals surface area contributed by atoms with E-state index in [0.717, 1.165) is 6.42 Å². The van der Waals surface area contributed by atoms with Crippen molar-refractivity contribution in [2.45, 2.75) is 38.9 Å². The normalized spacial score (nSPS) is 13.1. The third-order valence-electron chi connectivity index (χ3n) is 2.75. The summed E-state index contributed by atoms with van der Waals surface area (Å²) in [7, 11) is 0. The Morgan fingerprint density at radius 2 is 1.90 bits per heavy atom. The van der Waals surface area contributed by atoms with E-state index in [4.69, 9.17) is 15.2 Å². The number of alkyl halides is 3. The van der Waals surface area contributed by atoms with E-state index in [2.05, 4.69) is 0 Å². The largest absolute Gasteiger partial charge is 0.490 e. The van der Waals surface area contributed by atoms with Crippen LogP contribution < -0.4 is 15.2 Å². The molecule has 1 aromatic rings. The fourth-order valence-electron chi connectivity index (χ4n) is 1.74. The molecule has 1 rings (SSSR count). The molecule has 1 unspecified atom stereocenters. The molecule has 0 heterocycles.